The van der Waals surface area contributed by atoms with E-state index in [1.807, 2.05) is 13.1 Å². The average molecular weight is 371 g/mol. The maximum Gasteiger partial charge on any atom is 0.222 e. The van der Waals surface area contributed by atoms with Crippen molar-refractivity contribution in [1.82, 2.24) is 14.9 Å². The van der Waals surface area contributed by atoms with Crippen LogP contribution in [0.2, 0.25) is 0 Å². The van der Waals surface area contributed by atoms with Crippen LogP contribution in [-0.4, -0.2) is 40.8 Å². The fourth-order valence-corrected chi connectivity index (χ4v) is 3.76. The molecule has 0 spiro atoms. The number of fused-ring (bicyclic) bond motifs is 1. The highest BCUT2D eigenvalue weighted by atomic mass is 16.5. The average Bonchev–Trinajstić information content (AvgIpc) is 3.31. The van der Waals surface area contributed by atoms with Gasteiger partial charge in [-0.15, -0.1) is 0 Å². The van der Waals surface area contributed by atoms with E-state index in [-0.39, 0.29) is 18.1 Å². The van der Waals surface area contributed by atoms with E-state index in [9.17, 15) is 4.79 Å². The fourth-order valence-electron chi connectivity index (χ4n) is 3.76. The molecule has 1 amide bonds. The van der Waals surface area contributed by atoms with Gasteiger partial charge in [-0.25, -0.2) is 4.98 Å². The van der Waals surface area contributed by atoms with Crippen LogP contribution in [0.4, 0.5) is 0 Å². The summed E-state index contributed by atoms with van der Waals surface area (Å²) in [6.45, 7) is 5.84. The molecule has 1 N–H and O–H groups in total. The zero-order chi connectivity index (χ0) is 18.8. The summed E-state index contributed by atoms with van der Waals surface area (Å²) in [7, 11) is 0. The number of carbonyl (C=O) groups is 1. The van der Waals surface area contributed by atoms with Gasteiger partial charge in [0.05, 0.1) is 30.2 Å². The van der Waals surface area contributed by atoms with Gasteiger partial charge >= 0.3 is 0 Å². The van der Waals surface area contributed by atoms with E-state index < -0.39 is 0 Å². The molecule has 0 unspecified atom stereocenters. The Morgan fingerprint density at radius 1 is 1.33 bits per heavy atom. The quantitative estimate of drug-likeness (QED) is 0.735. The topological polar surface area (TPSA) is 65.4 Å². The van der Waals surface area contributed by atoms with Crippen LogP contribution in [-0.2, 0) is 16.1 Å². The summed E-state index contributed by atoms with van der Waals surface area (Å²) in [5, 5.41) is 3.95. The molecule has 146 valence electrons. The number of amides is 1. The number of hydrogen-bond donors (Lipinski definition) is 1. The van der Waals surface area contributed by atoms with Gasteiger partial charge in [0.15, 0.2) is 0 Å². The maximum atomic E-state index is 11.0. The largest absolute Gasteiger partial charge is 0.477 e. The van der Waals surface area contributed by atoms with Crippen LogP contribution in [0, 0.1) is 11.8 Å². The lowest BCUT2D eigenvalue weighted by Crippen LogP contribution is -2.40. The van der Waals surface area contributed by atoms with Crippen LogP contribution in [0.15, 0.2) is 24.5 Å². The number of nitrogens with zero attached hydrogens (tertiary/aromatic N) is 2. The standard InChI is InChI=1S/C21H29N3O3/c1-14(23-15(2)25)12-26-18-9-17(10-18)13-27-21-19-6-8-24(11-16-3-4-16)20(19)5-7-22-21/h5-8,14,16-18H,3-4,9-13H2,1-2H3,(H,23,25)/t14-,17-,18-/m0/s1. The molecular formula is C21H29N3O3. The Morgan fingerprint density at radius 2 is 2.15 bits per heavy atom. The summed E-state index contributed by atoms with van der Waals surface area (Å²) in [4.78, 5) is 15.5. The van der Waals surface area contributed by atoms with E-state index in [0.29, 0.717) is 19.1 Å². The van der Waals surface area contributed by atoms with Gasteiger partial charge < -0.3 is 19.4 Å². The highest BCUT2D eigenvalue weighted by Gasteiger charge is 2.31. The van der Waals surface area contributed by atoms with Crippen molar-refractivity contribution in [2.24, 2.45) is 11.8 Å². The van der Waals surface area contributed by atoms with Crippen LogP contribution in [0.25, 0.3) is 10.9 Å². The highest BCUT2D eigenvalue weighted by molar-refractivity contribution is 5.84. The molecule has 2 aliphatic rings. The van der Waals surface area contributed by atoms with Gasteiger partial charge in [-0.3, -0.25) is 4.79 Å². The molecule has 2 fully saturated rings. The zero-order valence-corrected chi connectivity index (χ0v) is 16.2. The van der Waals surface area contributed by atoms with Gasteiger partial charge in [-0.2, -0.15) is 0 Å². The summed E-state index contributed by atoms with van der Waals surface area (Å²) in [6.07, 6.45) is 8.98. The van der Waals surface area contributed by atoms with E-state index >= 15 is 0 Å². The number of nitrogens with one attached hydrogen (secondary N) is 1. The minimum absolute atomic E-state index is 0.0152. The second-order valence-electron chi connectivity index (χ2n) is 8.17. The third-order valence-electron chi connectivity index (χ3n) is 5.49. The molecule has 27 heavy (non-hydrogen) atoms. The number of aromatic nitrogens is 2. The van der Waals surface area contributed by atoms with Crippen molar-refractivity contribution >= 4 is 16.8 Å². The number of rotatable bonds is 9. The van der Waals surface area contributed by atoms with E-state index in [1.54, 1.807) is 0 Å². The molecule has 0 aromatic carbocycles. The molecular weight excluding hydrogens is 342 g/mol. The summed E-state index contributed by atoms with van der Waals surface area (Å²) in [6, 6.07) is 4.25. The van der Waals surface area contributed by atoms with Crippen molar-refractivity contribution in [2.45, 2.75) is 58.2 Å². The first-order valence-electron chi connectivity index (χ1n) is 10.0. The molecule has 6 nitrogen and oxygen atoms in total. The Morgan fingerprint density at radius 3 is 2.89 bits per heavy atom. The Bertz CT molecular complexity index is 793. The lowest BCUT2D eigenvalue weighted by atomic mass is 9.83. The Balaban J connectivity index is 1.23. The second kappa shape index (κ2) is 7.89. The zero-order valence-electron chi connectivity index (χ0n) is 16.2. The normalized spacial score (nSPS) is 23.0. The van der Waals surface area contributed by atoms with E-state index in [2.05, 4.69) is 33.2 Å². The Labute approximate surface area is 160 Å². The van der Waals surface area contributed by atoms with Crippen molar-refractivity contribution in [1.29, 1.82) is 0 Å². The van der Waals surface area contributed by atoms with Crippen LogP contribution in [0.1, 0.15) is 39.5 Å². The summed E-state index contributed by atoms with van der Waals surface area (Å²) >= 11 is 0. The highest BCUT2D eigenvalue weighted by Crippen LogP contribution is 2.34. The van der Waals surface area contributed by atoms with Crippen molar-refractivity contribution in [2.75, 3.05) is 13.2 Å². The molecule has 0 saturated heterocycles. The summed E-state index contributed by atoms with van der Waals surface area (Å²) in [5.41, 5.74) is 1.22. The first kappa shape index (κ1) is 18.3. The molecule has 0 bridgehead atoms. The first-order chi connectivity index (χ1) is 13.1. The minimum atomic E-state index is -0.0152. The minimum Gasteiger partial charge on any atom is -0.477 e. The van der Waals surface area contributed by atoms with Gasteiger partial charge in [0, 0.05) is 31.9 Å². The van der Waals surface area contributed by atoms with Gasteiger partial charge in [0.2, 0.25) is 11.8 Å². The molecule has 0 aliphatic heterocycles. The molecule has 2 saturated carbocycles. The predicted molar refractivity (Wildman–Crippen MR) is 104 cm³/mol. The van der Waals surface area contributed by atoms with E-state index in [0.717, 1.165) is 36.6 Å². The lowest BCUT2D eigenvalue weighted by molar-refractivity contribution is -0.120. The van der Waals surface area contributed by atoms with Gasteiger partial charge in [-0.1, -0.05) is 0 Å². The third-order valence-corrected chi connectivity index (χ3v) is 5.49. The lowest BCUT2D eigenvalue weighted by Gasteiger charge is -2.35. The van der Waals surface area contributed by atoms with Crippen molar-refractivity contribution in [3.63, 3.8) is 0 Å². The van der Waals surface area contributed by atoms with E-state index in [4.69, 9.17) is 9.47 Å². The maximum absolute atomic E-state index is 11.0. The number of ether oxygens (including phenoxy) is 2. The van der Waals surface area contributed by atoms with Crippen LogP contribution in [0.3, 0.4) is 0 Å². The first-order valence-corrected chi connectivity index (χ1v) is 10.0. The van der Waals surface area contributed by atoms with Gasteiger partial charge in [-0.05, 0) is 56.6 Å². The molecule has 2 aromatic rings. The van der Waals surface area contributed by atoms with Crippen molar-refractivity contribution in [3.05, 3.63) is 24.5 Å². The molecule has 4 rings (SSSR count). The van der Waals surface area contributed by atoms with Crippen molar-refractivity contribution in [3.8, 4) is 5.88 Å². The number of carbonyl (C=O) groups excluding carboxylic acids is 1. The van der Waals surface area contributed by atoms with Crippen LogP contribution < -0.4 is 10.1 Å². The number of hydrogen-bond acceptors (Lipinski definition) is 4. The molecule has 6 heteroatoms. The number of pyridine rings is 1. The fraction of sp³-hybridized carbons (Fsp3) is 0.619. The Kier molecular flexibility index (Phi) is 5.34. The third kappa shape index (κ3) is 4.61. The summed E-state index contributed by atoms with van der Waals surface area (Å²) < 4.78 is 14.2. The molecule has 2 aromatic heterocycles. The molecule has 2 heterocycles. The second-order valence-corrected chi connectivity index (χ2v) is 8.17. The summed E-state index contributed by atoms with van der Waals surface area (Å²) in [5.74, 6) is 2.08. The SMILES string of the molecule is CC(=O)N[C@@H](C)CO[C@H]1C[C@H](COc2nccc3c2ccn3CC2CC2)C1. The molecule has 2 aliphatic carbocycles. The molecule has 1 atom stereocenters. The van der Waals surface area contributed by atoms with Gasteiger partial charge in [0.25, 0.3) is 0 Å². The Hall–Kier alpha value is -2.08. The van der Waals surface area contributed by atoms with Crippen LogP contribution in [0.5, 0.6) is 5.88 Å². The smallest absolute Gasteiger partial charge is 0.222 e. The predicted octanol–water partition coefficient (Wildman–Crippen LogP) is 3.14. The van der Waals surface area contributed by atoms with Crippen molar-refractivity contribution < 1.29 is 14.3 Å². The van der Waals surface area contributed by atoms with E-state index in [1.165, 1.54) is 25.3 Å². The monoisotopic (exact) mass is 371 g/mol. The molecule has 0 radical (unpaired) electrons. The van der Waals surface area contributed by atoms with Gasteiger partial charge in [0.1, 0.15) is 0 Å². The van der Waals surface area contributed by atoms with Crippen LogP contribution >= 0.6 is 0 Å².